The van der Waals surface area contributed by atoms with Gasteiger partial charge in [0.25, 0.3) is 0 Å². The van der Waals surface area contributed by atoms with E-state index in [1.165, 1.54) is 25.7 Å². The Morgan fingerprint density at radius 3 is 2.89 bits per heavy atom. The van der Waals surface area contributed by atoms with Crippen molar-refractivity contribution in [1.29, 1.82) is 0 Å². The molecule has 98 valence electrons. The van der Waals surface area contributed by atoms with E-state index in [4.69, 9.17) is 5.11 Å². The quantitative estimate of drug-likeness (QED) is 0.843. The molecule has 0 radical (unpaired) electrons. The van der Waals surface area contributed by atoms with Crippen molar-refractivity contribution in [3.8, 4) is 0 Å². The number of carbonyl (C=O) groups is 1. The monoisotopic (exact) mass is 312 g/mol. The summed E-state index contributed by atoms with van der Waals surface area (Å²) in [5.41, 5.74) is 0.593. The van der Waals surface area contributed by atoms with Crippen molar-refractivity contribution in [3.63, 3.8) is 0 Å². The highest BCUT2D eigenvalue weighted by molar-refractivity contribution is 9.10. The fourth-order valence-electron chi connectivity index (χ4n) is 2.24. The zero-order chi connectivity index (χ0) is 13.2. The third-order valence-corrected chi connectivity index (χ3v) is 3.89. The van der Waals surface area contributed by atoms with Crippen molar-refractivity contribution in [2.45, 2.75) is 32.6 Å². The molecule has 5 heteroatoms. The highest BCUT2D eigenvalue weighted by atomic mass is 79.9. The number of halogens is 1. The van der Waals surface area contributed by atoms with Crippen molar-refractivity contribution in [1.82, 2.24) is 4.98 Å². The molecule has 0 amide bonds. The van der Waals surface area contributed by atoms with E-state index >= 15 is 0 Å². The molecule has 1 saturated carbocycles. The van der Waals surface area contributed by atoms with Gasteiger partial charge < -0.3 is 10.4 Å². The normalized spacial score (nSPS) is 16.3. The first-order valence-electron chi connectivity index (χ1n) is 6.19. The van der Waals surface area contributed by atoms with Gasteiger partial charge in [-0.15, -0.1) is 0 Å². The Bertz CT molecular complexity index is 458. The standard InChI is InChI=1S/C13H17BrN2O2/c1-2-3-13(4-5-13)8-16-11-10(12(17)18)6-9(14)7-15-11/h6-7H,2-5,8H2,1H3,(H,15,16)(H,17,18). The van der Waals surface area contributed by atoms with Gasteiger partial charge in [0.1, 0.15) is 11.4 Å². The Hall–Kier alpha value is -1.10. The molecule has 1 aliphatic carbocycles. The van der Waals surface area contributed by atoms with E-state index in [9.17, 15) is 4.79 Å². The van der Waals surface area contributed by atoms with Crippen LogP contribution in [-0.4, -0.2) is 22.6 Å². The van der Waals surface area contributed by atoms with E-state index in [-0.39, 0.29) is 5.56 Å². The number of rotatable bonds is 6. The molecule has 4 nitrogen and oxygen atoms in total. The van der Waals surface area contributed by atoms with Gasteiger partial charge in [-0.1, -0.05) is 13.3 Å². The lowest BCUT2D eigenvalue weighted by atomic mass is 10.0. The molecule has 1 aromatic rings. The lowest BCUT2D eigenvalue weighted by Crippen LogP contribution is -2.18. The number of aromatic nitrogens is 1. The van der Waals surface area contributed by atoms with Gasteiger partial charge in [0, 0.05) is 17.2 Å². The summed E-state index contributed by atoms with van der Waals surface area (Å²) < 4.78 is 0.681. The zero-order valence-corrected chi connectivity index (χ0v) is 12.0. The molecule has 0 aromatic carbocycles. The lowest BCUT2D eigenvalue weighted by molar-refractivity contribution is 0.0697. The summed E-state index contributed by atoms with van der Waals surface area (Å²) in [6.07, 6.45) is 6.44. The smallest absolute Gasteiger partial charge is 0.339 e. The molecule has 1 heterocycles. The minimum Gasteiger partial charge on any atom is -0.478 e. The maximum atomic E-state index is 11.1. The highest BCUT2D eigenvalue weighted by Gasteiger charge is 2.41. The second-order valence-electron chi connectivity index (χ2n) is 4.96. The first-order chi connectivity index (χ1) is 8.56. The SMILES string of the molecule is CCCC1(CNc2ncc(Br)cc2C(=O)O)CC1. The van der Waals surface area contributed by atoms with Crippen LogP contribution in [0.3, 0.4) is 0 Å². The van der Waals surface area contributed by atoms with Crippen LogP contribution in [0.4, 0.5) is 5.82 Å². The molecule has 2 rings (SSSR count). The third kappa shape index (κ3) is 3.02. The Balaban J connectivity index is 2.07. The largest absolute Gasteiger partial charge is 0.478 e. The minimum atomic E-state index is -0.952. The lowest BCUT2D eigenvalue weighted by Gasteiger charge is -2.16. The van der Waals surface area contributed by atoms with Crippen LogP contribution in [0.2, 0.25) is 0 Å². The predicted octanol–water partition coefficient (Wildman–Crippen LogP) is 3.53. The van der Waals surface area contributed by atoms with Gasteiger partial charge in [-0.05, 0) is 46.7 Å². The van der Waals surface area contributed by atoms with Crippen molar-refractivity contribution in [2.24, 2.45) is 5.41 Å². The van der Waals surface area contributed by atoms with E-state index in [2.05, 4.69) is 33.2 Å². The third-order valence-electron chi connectivity index (χ3n) is 3.45. The van der Waals surface area contributed by atoms with Gasteiger partial charge in [0.05, 0.1) is 0 Å². The first kappa shape index (κ1) is 13.3. The average Bonchev–Trinajstić information content (AvgIpc) is 3.08. The van der Waals surface area contributed by atoms with Crippen LogP contribution in [0.15, 0.2) is 16.7 Å². The number of anilines is 1. The predicted molar refractivity (Wildman–Crippen MR) is 74.0 cm³/mol. The van der Waals surface area contributed by atoms with E-state index < -0.39 is 5.97 Å². The second-order valence-corrected chi connectivity index (χ2v) is 5.87. The summed E-state index contributed by atoms with van der Waals surface area (Å²) in [6, 6.07) is 1.58. The number of carboxylic acids is 1. The van der Waals surface area contributed by atoms with E-state index in [1.807, 2.05) is 0 Å². The van der Waals surface area contributed by atoms with E-state index in [0.717, 1.165) is 6.54 Å². The zero-order valence-electron chi connectivity index (χ0n) is 10.4. The average molecular weight is 313 g/mol. The van der Waals surface area contributed by atoms with Crippen molar-refractivity contribution in [3.05, 3.63) is 22.3 Å². The number of hydrogen-bond acceptors (Lipinski definition) is 3. The Labute approximate surface area is 115 Å². The van der Waals surface area contributed by atoms with Crippen molar-refractivity contribution >= 4 is 27.7 Å². The summed E-state index contributed by atoms with van der Waals surface area (Å²) in [5.74, 6) is -0.486. The summed E-state index contributed by atoms with van der Waals surface area (Å²) >= 11 is 3.24. The van der Waals surface area contributed by atoms with Crippen LogP contribution in [0, 0.1) is 5.41 Å². The Kier molecular flexibility index (Phi) is 3.90. The molecule has 0 saturated heterocycles. The molecule has 1 fully saturated rings. The molecule has 1 aromatic heterocycles. The molecule has 0 bridgehead atoms. The number of nitrogens with zero attached hydrogens (tertiary/aromatic N) is 1. The second kappa shape index (κ2) is 5.26. The van der Waals surface area contributed by atoms with Gasteiger partial charge in [0.2, 0.25) is 0 Å². The summed E-state index contributed by atoms with van der Waals surface area (Å²) in [5, 5.41) is 12.3. The molecule has 2 N–H and O–H groups in total. The van der Waals surface area contributed by atoms with Gasteiger partial charge in [-0.2, -0.15) is 0 Å². The van der Waals surface area contributed by atoms with Gasteiger partial charge in [0.15, 0.2) is 0 Å². The molecule has 0 spiro atoms. The Morgan fingerprint density at radius 1 is 1.61 bits per heavy atom. The number of nitrogens with one attached hydrogen (secondary N) is 1. The molecule has 0 atom stereocenters. The van der Waals surface area contributed by atoms with E-state index in [0.29, 0.717) is 15.7 Å². The number of pyridine rings is 1. The van der Waals surface area contributed by atoms with E-state index in [1.54, 1.807) is 12.3 Å². The van der Waals surface area contributed by atoms with Gasteiger partial charge >= 0.3 is 5.97 Å². The maximum Gasteiger partial charge on any atom is 0.339 e. The molecule has 18 heavy (non-hydrogen) atoms. The molecular weight excluding hydrogens is 296 g/mol. The van der Waals surface area contributed by atoms with Crippen molar-refractivity contribution < 1.29 is 9.90 Å². The fraction of sp³-hybridized carbons (Fsp3) is 0.538. The van der Waals surface area contributed by atoms with Crippen LogP contribution < -0.4 is 5.32 Å². The minimum absolute atomic E-state index is 0.219. The Morgan fingerprint density at radius 2 is 2.33 bits per heavy atom. The first-order valence-corrected chi connectivity index (χ1v) is 6.98. The fourth-order valence-corrected chi connectivity index (χ4v) is 2.57. The van der Waals surface area contributed by atoms with Crippen LogP contribution >= 0.6 is 15.9 Å². The van der Waals surface area contributed by atoms with Gasteiger partial charge in [-0.25, -0.2) is 9.78 Å². The maximum absolute atomic E-state index is 11.1. The number of hydrogen-bond donors (Lipinski definition) is 2. The number of carboxylic acid groups (broad SMARTS) is 1. The van der Waals surface area contributed by atoms with Gasteiger partial charge in [-0.3, -0.25) is 0 Å². The van der Waals surface area contributed by atoms with Crippen LogP contribution in [0.25, 0.3) is 0 Å². The highest BCUT2D eigenvalue weighted by Crippen LogP contribution is 2.49. The van der Waals surface area contributed by atoms with Crippen LogP contribution in [-0.2, 0) is 0 Å². The van der Waals surface area contributed by atoms with Crippen molar-refractivity contribution in [2.75, 3.05) is 11.9 Å². The summed E-state index contributed by atoms with van der Waals surface area (Å²) in [6.45, 7) is 3.00. The molecule has 0 aliphatic heterocycles. The summed E-state index contributed by atoms with van der Waals surface area (Å²) in [4.78, 5) is 15.3. The molecular formula is C13H17BrN2O2. The van der Waals surface area contributed by atoms with Crippen LogP contribution in [0.1, 0.15) is 43.0 Å². The number of aromatic carboxylic acids is 1. The summed E-state index contributed by atoms with van der Waals surface area (Å²) in [7, 11) is 0. The van der Waals surface area contributed by atoms with Crippen LogP contribution in [0.5, 0.6) is 0 Å². The molecule has 1 aliphatic rings. The molecule has 0 unspecified atom stereocenters. The topological polar surface area (TPSA) is 62.2 Å².